The van der Waals surface area contributed by atoms with E-state index >= 15 is 0 Å². The maximum atomic E-state index is 1.60. The molecule has 5 fully saturated rings. The smallest absolute Gasteiger partial charge is 0.0352 e. The average Bonchev–Trinajstić information content (AvgIpc) is 2.39. The van der Waals surface area contributed by atoms with Crippen molar-refractivity contribution in [2.75, 3.05) is 0 Å². The molecule has 5 rings (SSSR count). The molecule has 5 saturated carbocycles. The van der Waals surface area contributed by atoms with Gasteiger partial charge in [-0.25, -0.2) is 0 Å². The zero-order valence-corrected chi connectivity index (χ0v) is 5.14. The topological polar surface area (TPSA) is 0 Å². The van der Waals surface area contributed by atoms with Gasteiger partial charge in [0.25, 0.3) is 0 Å². The Kier molecular flexibility index (Phi) is 0.482. The quantitative estimate of drug-likeness (QED) is 0.445. The van der Waals surface area contributed by atoms with Gasteiger partial charge in [-0.15, -0.1) is 0 Å². The number of hydrogen-bond acceptors (Lipinski definition) is 0. The molecule has 5 aliphatic carbocycles. The van der Waals surface area contributed by atoms with Crippen LogP contribution in [0.5, 0.6) is 0 Å². The third-order valence-corrected chi connectivity index (χ3v) is 3.87. The molecule has 0 radical (unpaired) electrons. The second kappa shape index (κ2) is 0.984. The van der Waals surface area contributed by atoms with Crippen LogP contribution in [0.4, 0.5) is 0 Å². The highest BCUT2D eigenvalue weighted by atomic mass is 14.6. The summed E-state index contributed by atoms with van der Waals surface area (Å²) in [6.07, 6.45) is 6.39. The molecule has 0 unspecified atom stereocenters. The average molecular weight is 108 g/mol. The SMILES string of the molecule is C1CC2C3CCC2C13. The van der Waals surface area contributed by atoms with Crippen molar-refractivity contribution in [1.82, 2.24) is 0 Å². The van der Waals surface area contributed by atoms with Crippen molar-refractivity contribution in [2.24, 2.45) is 23.7 Å². The fourth-order valence-electron chi connectivity index (χ4n) is 3.61. The molecule has 4 bridgehead atoms. The van der Waals surface area contributed by atoms with Crippen molar-refractivity contribution < 1.29 is 0 Å². The van der Waals surface area contributed by atoms with E-state index in [-0.39, 0.29) is 0 Å². The largest absolute Gasteiger partial charge is 0.0496 e. The maximum Gasteiger partial charge on any atom is -0.0352 e. The van der Waals surface area contributed by atoms with Gasteiger partial charge in [-0.05, 0) is 49.4 Å². The Morgan fingerprint density at radius 3 is 1.00 bits per heavy atom. The summed E-state index contributed by atoms with van der Waals surface area (Å²) in [5.74, 6) is 4.94. The summed E-state index contributed by atoms with van der Waals surface area (Å²) in [4.78, 5) is 0. The summed E-state index contributed by atoms with van der Waals surface area (Å²) in [5.41, 5.74) is 0. The van der Waals surface area contributed by atoms with Gasteiger partial charge < -0.3 is 0 Å². The molecule has 8 heavy (non-hydrogen) atoms. The summed E-state index contributed by atoms with van der Waals surface area (Å²) in [6, 6.07) is 0. The van der Waals surface area contributed by atoms with E-state index in [0.717, 1.165) is 0 Å². The van der Waals surface area contributed by atoms with E-state index < -0.39 is 0 Å². The summed E-state index contributed by atoms with van der Waals surface area (Å²) < 4.78 is 0. The van der Waals surface area contributed by atoms with E-state index in [1.807, 2.05) is 0 Å². The normalized spacial score (nSPS) is 66.0. The minimum absolute atomic E-state index is 1.24. The number of hydrogen-bond donors (Lipinski definition) is 0. The molecule has 0 heterocycles. The minimum Gasteiger partial charge on any atom is -0.0496 e. The van der Waals surface area contributed by atoms with Crippen LogP contribution in [0.25, 0.3) is 0 Å². The molecule has 0 aromatic rings. The Balaban J connectivity index is 2.07. The van der Waals surface area contributed by atoms with Crippen molar-refractivity contribution >= 4 is 0 Å². The van der Waals surface area contributed by atoms with Crippen molar-refractivity contribution in [1.29, 1.82) is 0 Å². The second-order valence-corrected chi connectivity index (χ2v) is 3.81. The third kappa shape index (κ3) is 0.222. The first-order chi connectivity index (χ1) is 3.97. The van der Waals surface area contributed by atoms with Crippen LogP contribution in [-0.2, 0) is 0 Å². The van der Waals surface area contributed by atoms with Gasteiger partial charge in [0, 0.05) is 0 Å². The van der Waals surface area contributed by atoms with Crippen molar-refractivity contribution in [3.8, 4) is 0 Å². The lowest BCUT2D eigenvalue weighted by Crippen LogP contribution is -2.29. The Labute approximate surface area is 50.3 Å². The molecule has 0 spiro atoms. The van der Waals surface area contributed by atoms with Crippen molar-refractivity contribution in [3.05, 3.63) is 0 Å². The molecule has 0 aromatic heterocycles. The fraction of sp³-hybridized carbons (Fsp3) is 1.00. The summed E-state index contributed by atoms with van der Waals surface area (Å²) in [6.45, 7) is 0. The zero-order chi connectivity index (χ0) is 5.14. The molecular formula is C8H12. The first kappa shape index (κ1) is 3.92. The molecule has 0 nitrogen and oxygen atoms in total. The molecule has 0 N–H and O–H groups in total. The van der Waals surface area contributed by atoms with Crippen LogP contribution < -0.4 is 0 Å². The van der Waals surface area contributed by atoms with Gasteiger partial charge in [0.1, 0.15) is 0 Å². The Hall–Kier alpha value is 0. The molecule has 0 aromatic carbocycles. The van der Waals surface area contributed by atoms with Gasteiger partial charge in [-0.2, -0.15) is 0 Å². The first-order valence-corrected chi connectivity index (χ1v) is 3.97. The van der Waals surface area contributed by atoms with Crippen LogP contribution in [0.15, 0.2) is 0 Å². The van der Waals surface area contributed by atoms with E-state index in [0.29, 0.717) is 0 Å². The highest BCUT2D eigenvalue weighted by Gasteiger charge is 2.58. The Bertz CT molecular complexity index is 88.0. The number of fused-ring (bicyclic) bond motifs is 2. The van der Waals surface area contributed by atoms with Gasteiger partial charge in [0.15, 0.2) is 0 Å². The summed E-state index contributed by atoms with van der Waals surface area (Å²) in [5, 5.41) is 0. The van der Waals surface area contributed by atoms with Gasteiger partial charge >= 0.3 is 0 Å². The van der Waals surface area contributed by atoms with Crippen LogP contribution in [0.1, 0.15) is 25.7 Å². The monoisotopic (exact) mass is 108 g/mol. The molecule has 44 valence electrons. The lowest BCUT2D eigenvalue weighted by atomic mass is 9.71. The van der Waals surface area contributed by atoms with E-state index in [1.54, 1.807) is 25.7 Å². The van der Waals surface area contributed by atoms with Gasteiger partial charge in [-0.3, -0.25) is 0 Å². The predicted molar refractivity (Wildman–Crippen MR) is 32.4 cm³/mol. The fourth-order valence-corrected chi connectivity index (χ4v) is 3.61. The van der Waals surface area contributed by atoms with Crippen LogP contribution in [0, 0.1) is 23.7 Å². The van der Waals surface area contributed by atoms with Gasteiger partial charge in [0.2, 0.25) is 0 Å². The van der Waals surface area contributed by atoms with Crippen LogP contribution >= 0.6 is 0 Å². The van der Waals surface area contributed by atoms with Crippen LogP contribution in [0.2, 0.25) is 0 Å². The Morgan fingerprint density at radius 1 is 0.500 bits per heavy atom. The lowest BCUT2D eigenvalue weighted by molar-refractivity contribution is 0.137. The minimum atomic E-state index is 1.24. The highest BCUT2D eigenvalue weighted by Crippen LogP contribution is 2.66. The van der Waals surface area contributed by atoms with Crippen molar-refractivity contribution in [3.63, 3.8) is 0 Å². The maximum absolute atomic E-state index is 1.60. The van der Waals surface area contributed by atoms with E-state index in [9.17, 15) is 0 Å². The second-order valence-electron chi connectivity index (χ2n) is 3.81. The molecule has 5 aliphatic rings. The summed E-state index contributed by atoms with van der Waals surface area (Å²) >= 11 is 0. The third-order valence-electron chi connectivity index (χ3n) is 3.87. The van der Waals surface area contributed by atoms with E-state index in [4.69, 9.17) is 0 Å². The number of rotatable bonds is 0. The van der Waals surface area contributed by atoms with E-state index in [2.05, 4.69) is 0 Å². The van der Waals surface area contributed by atoms with Gasteiger partial charge in [-0.1, -0.05) is 0 Å². The molecular weight excluding hydrogens is 96.1 g/mol. The molecule has 0 saturated heterocycles. The molecule has 0 aliphatic heterocycles. The highest BCUT2D eigenvalue weighted by molar-refractivity contribution is 5.07. The molecule has 0 amide bonds. The summed E-state index contributed by atoms with van der Waals surface area (Å²) in [7, 11) is 0. The zero-order valence-electron chi connectivity index (χ0n) is 5.14. The standard InChI is InChI=1S/C8H12/c1-2-6-7-3-4-8(6)5(1)7/h5-8H,1-4H2. The van der Waals surface area contributed by atoms with Crippen molar-refractivity contribution in [2.45, 2.75) is 25.7 Å². The van der Waals surface area contributed by atoms with Crippen LogP contribution in [0.3, 0.4) is 0 Å². The lowest BCUT2D eigenvalue weighted by Gasteiger charge is -2.34. The van der Waals surface area contributed by atoms with E-state index in [1.165, 1.54) is 23.7 Å². The Morgan fingerprint density at radius 2 is 0.750 bits per heavy atom. The predicted octanol–water partition coefficient (Wildman–Crippen LogP) is 2.05. The molecule has 0 atom stereocenters. The van der Waals surface area contributed by atoms with Crippen LogP contribution in [-0.4, -0.2) is 0 Å². The first-order valence-electron chi connectivity index (χ1n) is 3.97. The molecule has 0 heteroatoms. The van der Waals surface area contributed by atoms with Gasteiger partial charge in [0.05, 0.1) is 0 Å².